The second-order valence-corrected chi connectivity index (χ2v) is 10.8. The van der Waals surface area contributed by atoms with Crippen LogP contribution in [-0.2, 0) is 10.0 Å². The lowest BCUT2D eigenvalue weighted by Crippen LogP contribution is -2.40. The summed E-state index contributed by atoms with van der Waals surface area (Å²) in [6, 6.07) is 13.2. The van der Waals surface area contributed by atoms with Gasteiger partial charge in [0.05, 0.1) is 16.1 Å². The molecule has 4 rings (SSSR count). The van der Waals surface area contributed by atoms with Gasteiger partial charge < -0.3 is 5.32 Å². The van der Waals surface area contributed by atoms with E-state index in [-0.39, 0.29) is 22.5 Å². The zero-order valence-electron chi connectivity index (χ0n) is 16.3. The lowest BCUT2D eigenvalue weighted by atomic mass is 9.84. The van der Waals surface area contributed by atoms with E-state index in [4.69, 9.17) is 0 Å². The number of fused-ring (bicyclic) bond motifs is 2. The number of carbonyl (C=O) groups is 1. The van der Waals surface area contributed by atoms with Crippen molar-refractivity contribution >= 4 is 37.5 Å². The quantitative estimate of drug-likeness (QED) is 0.628. The number of hydrogen-bond acceptors (Lipinski definition) is 3. The van der Waals surface area contributed by atoms with Gasteiger partial charge in [0.15, 0.2) is 0 Å². The first-order valence-electron chi connectivity index (χ1n) is 10.0. The van der Waals surface area contributed by atoms with Crippen LogP contribution in [-0.4, -0.2) is 20.4 Å². The number of para-hydroxylation sites is 1. The highest BCUT2D eigenvalue weighted by molar-refractivity contribution is 9.10. The Morgan fingerprint density at radius 2 is 1.79 bits per heavy atom. The maximum Gasteiger partial charge on any atom is 0.261 e. The van der Waals surface area contributed by atoms with Crippen molar-refractivity contribution in [2.24, 2.45) is 17.8 Å². The van der Waals surface area contributed by atoms with Gasteiger partial charge >= 0.3 is 0 Å². The molecule has 154 valence electrons. The van der Waals surface area contributed by atoms with E-state index in [2.05, 4.69) is 32.9 Å². The zero-order valence-corrected chi connectivity index (χ0v) is 18.7. The smallest absolute Gasteiger partial charge is 0.261 e. The molecule has 0 unspecified atom stereocenters. The van der Waals surface area contributed by atoms with E-state index >= 15 is 0 Å². The first-order valence-corrected chi connectivity index (χ1v) is 12.3. The monoisotopic (exact) mass is 476 g/mol. The molecule has 1 amide bonds. The highest BCUT2D eigenvalue weighted by atomic mass is 79.9. The fraction of sp³-hybridized carbons (Fsp3) is 0.409. The Bertz CT molecular complexity index is 1010. The summed E-state index contributed by atoms with van der Waals surface area (Å²) >= 11 is 3.30. The predicted octanol–water partition coefficient (Wildman–Crippen LogP) is 4.80. The molecule has 0 spiro atoms. The van der Waals surface area contributed by atoms with Gasteiger partial charge in [0.1, 0.15) is 0 Å². The second kappa shape index (κ2) is 8.11. The maximum atomic E-state index is 13.0. The Balaban J connectivity index is 1.50. The molecule has 2 fully saturated rings. The molecular formula is C22H25BrN2O3S. The third kappa shape index (κ3) is 4.36. The number of rotatable bonds is 6. The second-order valence-electron chi connectivity index (χ2n) is 8.21. The Morgan fingerprint density at radius 3 is 2.45 bits per heavy atom. The van der Waals surface area contributed by atoms with Crippen LogP contribution < -0.4 is 10.0 Å². The van der Waals surface area contributed by atoms with E-state index in [9.17, 15) is 13.2 Å². The van der Waals surface area contributed by atoms with Crippen LogP contribution in [0.25, 0.3) is 0 Å². The molecule has 7 heteroatoms. The van der Waals surface area contributed by atoms with Gasteiger partial charge in [-0.3, -0.25) is 9.52 Å². The van der Waals surface area contributed by atoms with Crippen molar-refractivity contribution < 1.29 is 13.2 Å². The third-order valence-corrected chi connectivity index (χ3v) is 8.24. The number of amides is 1. The minimum Gasteiger partial charge on any atom is -0.349 e. The fourth-order valence-electron chi connectivity index (χ4n) is 4.89. The van der Waals surface area contributed by atoms with Crippen molar-refractivity contribution in [2.75, 3.05) is 4.72 Å². The Kier molecular flexibility index (Phi) is 5.71. The Labute approximate surface area is 180 Å². The lowest BCUT2D eigenvalue weighted by molar-refractivity contribution is 0.0916. The van der Waals surface area contributed by atoms with Crippen molar-refractivity contribution in [1.82, 2.24) is 5.32 Å². The van der Waals surface area contributed by atoms with Gasteiger partial charge in [-0.05, 0) is 80.3 Å². The Hall–Kier alpha value is -1.86. The largest absolute Gasteiger partial charge is 0.349 e. The summed E-state index contributed by atoms with van der Waals surface area (Å²) in [5.41, 5.74) is 0.622. The molecule has 0 heterocycles. The van der Waals surface area contributed by atoms with E-state index in [0.29, 0.717) is 17.4 Å². The minimum absolute atomic E-state index is 0.0777. The summed E-state index contributed by atoms with van der Waals surface area (Å²) in [6.07, 6.45) is 5.06. The van der Waals surface area contributed by atoms with Gasteiger partial charge in [-0.15, -0.1) is 0 Å². The van der Waals surface area contributed by atoms with Crippen LogP contribution in [0.1, 0.15) is 43.0 Å². The number of nitrogens with one attached hydrogen (secondary N) is 2. The van der Waals surface area contributed by atoms with Crippen LogP contribution in [0.2, 0.25) is 0 Å². The van der Waals surface area contributed by atoms with E-state index in [0.717, 1.165) is 10.4 Å². The molecule has 29 heavy (non-hydrogen) atoms. The number of anilines is 1. The topological polar surface area (TPSA) is 75.3 Å². The minimum atomic E-state index is -3.79. The molecule has 5 nitrogen and oxygen atoms in total. The van der Waals surface area contributed by atoms with Crippen molar-refractivity contribution in [3.8, 4) is 0 Å². The first-order chi connectivity index (χ1) is 13.8. The molecule has 2 aromatic carbocycles. The molecule has 0 aliphatic heterocycles. The highest BCUT2D eigenvalue weighted by Crippen LogP contribution is 2.49. The molecule has 2 aliphatic carbocycles. The van der Waals surface area contributed by atoms with Crippen LogP contribution >= 0.6 is 15.9 Å². The van der Waals surface area contributed by atoms with Gasteiger partial charge in [-0.25, -0.2) is 8.42 Å². The molecule has 2 aliphatic rings. The summed E-state index contributed by atoms with van der Waals surface area (Å²) in [5, 5.41) is 3.12. The van der Waals surface area contributed by atoms with Crippen LogP contribution in [0.15, 0.2) is 57.9 Å². The summed E-state index contributed by atoms with van der Waals surface area (Å²) < 4.78 is 28.9. The van der Waals surface area contributed by atoms with Crippen molar-refractivity contribution in [3.05, 3.63) is 58.6 Å². The SMILES string of the molecule is C[C@H](NC(=O)c1ccccc1NS(=O)(=O)c1ccc(Br)cc1)[C@H]1C[C@H]2CC[C@H]1C2. The van der Waals surface area contributed by atoms with Gasteiger partial charge in [-0.2, -0.15) is 0 Å². The first kappa shape index (κ1) is 20.4. The molecule has 4 atom stereocenters. The predicted molar refractivity (Wildman–Crippen MR) is 117 cm³/mol. The molecule has 0 radical (unpaired) electrons. The molecule has 0 aromatic heterocycles. The summed E-state index contributed by atoms with van der Waals surface area (Å²) in [5.74, 6) is 1.80. The Morgan fingerprint density at radius 1 is 1.07 bits per heavy atom. The molecule has 2 saturated carbocycles. The van der Waals surface area contributed by atoms with Gasteiger partial charge in [0, 0.05) is 10.5 Å². The summed E-state index contributed by atoms with van der Waals surface area (Å²) in [6.45, 7) is 2.07. The van der Waals surface area contributed by atoms with Crippen LogP contribution in [0, 0.1) is 17.8 Å². The van der Waals surface area contributed by atoms with Gasteiger partial charge in [0.2, 0.25) is 0 Å². The van der Waals surface area contributed by atoms with E-state index < -0.39 is 10.0 Å². The number of halogens is 1. The van der Waals surface area contributed by atoms with Crippen molar-refractivity contribution in [3.63, 3.8) is 0 Å². The molecule has 0 saturated heterocycles. The van der Waals surface area contributed by atoms with Gasteiger partial charge in [-0.1, -0.05) is 34.5 Å². The number of sulfonamides is 1. The van der Waals surface area contributed by atoms with Gasteiger partial charge in [0.25, 0.3) is 15.9 Å². The van der Waals surface area contributed by atoms with Crippen LogP contribution in [0.5, 0.6) is 0 Å². The third-order valence-electron chi connectivity index (χ3n) is 6.33. The standard InChI is InChI=1S/C22H25BrN2O3S/c1-14(20-13-15-6-7-16(20)12-15)24-22(26)19-4-2-3-5-21(19)25-29(27,28)18-10-8-17(23)9-11-18/h2-5,8-11,14-16,20,25H,6-7,12-13H2,1H3,(H,24,26)/t14-,15-,16-,20+/m0/s1. The highest BCUT2D eigenvalue weighted by Gasteiger charge is 2.42. The number of carbonyl (C=O) groups excluding carboxylic acids is 1. The molecule has 2 aromatic rings. The number of hydrogen-bond donors (Lipinski definition) is 2. The average Bonchev–Trinajstić information content (AvgIpc) is 3.32. The normalized spacial score (nSPS) is 24.3. The van der Waals surface area contributed by atoms with Crippen molar-refractivity contribution in [2.45, 2.75) is 43.5 Å². The van der Waals surface area contributed by atoms with E-state index in [1.54, 1.807) is 36.4 Å². The lowest BCUT2D eigenvalue weighted by Gasteiger charge is -2.28. The fourth-order valence-corrected chi connectivity index (χ4v) is 6.23. The van der Waals surface area contributed by atoms with E-state index in [1.165, 1.54) is 37.8 Å². The maximum absolute atomic E-state index is 13.0. The molecular weight excluding hydrogens is 452 g/mol. The average molecular weight is 477 g/mol. The molecule has 2 bridgehead atoms. The van der Waals surface area contributed by atoms with Crippen LogP contribution in [0.3, 0.4) is 0 Å². The summed E-state index contributed by atoms with van der Waals surface area (Å²) in [7, 11) is -3.79. The van der Waals surface area contributed by atoms with Crippen molar-refractivity contribution in [1.29, 1.82) is 0 Å². The van der Waals surface area contributed by atoms with E-state index in [1.807, 2.05) is 0 Å². The number of benzene rings is 2. The summed E-state index contributed by atoms with van der Waals surface area (Å²) in [4.78, 5) is 13.1. The zero-order chi connectivity index (χ0) is 20.6. The molecule has 2 N–H and O–H groups in total. The van der Waals surface area contributed by atoms with Crippen LogP contribution in [0.4, 0.5) is 5.69 Å².